The molecule has 44 heavy (non-hydrogen) atoms. The van der Waals surface area contributed by atoms with Crippen LogP contribution in [0.1, 0.15) is 51.9 Å². The van der Waals surface area contributed by atoms with Gasteiger partial charge in [0, 0.05) is 19.6 Å². The van der Waals surface area contributed by atoms with Gasteiger partial charge in [-0.05, 0) is 45.4 Å². The largest absolute Gasteiger partial charge is 0.481 e. The van der Waals surface area contributed by atoms with Gasteiger partial charge in [-0.2, -0.15) is 0 Å². The van der Waals surface area contributed by atoms with Crippen molar-refractivity contribution in [2.24, 2.45) is 22.2 Å². The van der Waals surface area contributed by atoms with Crippen LogP contribution in [0, 0.1) is 0 Å². The summed E-state index contributed by atoms with van der Waals surface area (Å²) in [7, 11) is 0. The number of aliphatic hydroxyl groups is 1. The van der Waals surface area contributed by atoms with E-state index in [1.54, 1.807) is 0 Å². The molecule has 18 heteroatoms. The zero-order valence-electron chi connectivity index (χ0n) is 24.6. The highest BCUT2D eigenvalue weighted by molar-refractivity contribution is 5.97. The second kappa shape index (κ2) is 17.1. The van der Waals surface area contributed by atoms with E-state index in [4.69, 9.17) is 17.2 Å². The van der Waals surface area contributed by atoms with E-state index in [9.17, 15) is 43.8 Å². The smallest absolute Gasteiger partial charge is 0.305 e. The Hall–Kier alpha value is -4.32. The van der Waals surface area contributed by atoms with Crippen molar-refractivity contribution in [2.75, 3.05) is 26.2 Å². The predicted molar refractivity (Wildman–Crippen MR) is 154 cm³/mol. The molecule has 11 N–H and O–H groups in total. The number of guanidine groups is 1. The number of aliphatic hydroxyl groups excluding tert-OH is 1. The number of nitrogens with two attached hydrogens (primary N) is 3. The predicted octanol–water partition coefficient (Wildman–Crippen LogP) is -4.51. The molecular formula is C26H43N9O9. The van der Waals surface area contributed by atoms with Crippen molar-refractivity contribution in [3.8, 4) is 0 Å². The van der Waals surface area contributed by atoms with E-state index in [2.05, 4.69) is 20.9 Å². The van der Waals surface area contributed by atoms with Gasteiger partial charge in [-0.15, -0.1) is 0 Å². The summed E-state index contributed by atoms with van der Waals surface area (Å²) in [4.78, 5) is 94.3. The van der Waals surface area contributed by atoms with Crippen molar-refractivity contribution < 1.29 is 43.8 Å². The molecular weight excluding hydrogens is 582 g/mol. The number of carbonyl (C=O) groups excluding carboxylic acids is 6. The summed E-state index contributed by atoms with van der Waals surface area (Å²) in [6.07, 6.45) is 1.94. The van der Waals surface area contributed by atoms with Gasteiger partial charge in [-0.1, -0.05) is 0 Å². The first-order chi connectivity index (χ1) is 20.8. The average molecular weight is 626 g/mol. The molecule has 2 rings (SSSR count). The van der Waals surface area contributed by atoms with E-state index < -0.39 is 84.8 Å². The maximum Gasteiger partial charge on any atom is 0.305 e. The minimum atomic E-state index is -1.66. The molecule has 0 spiro atoms. The van der Waals surface area contributed by atoms with Crippen molar-refractivity contribution in [1.29, 1.82) is 0 Å². The normalized spacial score (nSPS) is 20.5. The summed E-state index contributed by atoms with van der Waals surface area (Å²) in [6.45, 7) is 1.24. The molecule has 2 aliphatic rings. The molecule has 18 nitrogen and oxygen atoms in total. The van der Waals surface area contributed by atoms with E-state index in [0.29, 0.717) is 32.1 Å². The average Bonchev–Trinajstić information content (AvgIpc) is 3.65. The second-order valence-electron chi connectivity index (χ2n) is 10.8. The fourth-order valence-electron chi connectivity index (χ4n) is 5.12. The Bertz CT molecular complexity index is 1110. The summed E-state index contributed by atoms with van der Waals surface area (Å²) in [5.41, 5.74) is 16.3. The Balaban J connectivity index is 2.15. The lowest BCUT2D eigenvalue weighted by molar-refractivity contribution is -0.143. The van der Waals surface area contributed by atoms with Gasteiger partial charge < -0.3 is 58.0 Å². The first-order valence-electron chi connectivity index (χ1n) is 14.4. The first-order valence-corrected chi connectivity index (χ1v) is 14.4. The molecule has 2 aliphatic heterocycles. The summed E-state index contributed by atoms with van der Waals surface area (Å²) in [6, 6.07) is -6.96. The fraction of sp³-hybridized carbons (Fsp3) is 0.692. The Kier molecular flexibility index (Phi) is 13.9. The minimum Gasteiger partial charge on any atom is -0.481 e. The van der Waals surface area contributed by atoms with Crippen LogP contribution in [0.2, 0.25) is 0 Å². The zero-order chi connectivity index (χ0) is 33.0. The third-order valence-electron chi connectivity index (χ3n) is 7.35. The van der Waals surface area contributed by atoms with Crippen LogP contribution in [-0.4, -0.2) is 130 Å². The number of carboxylic acids is 1. The number of likely N-dealkylation sites (tertiary alicyclic amines) is 2. The second-order valence-corrected chi connectivity index (χ2v) is 10.8. The van der Waals surface area contributed by atoms with E-state index in [1.165, 1.54) is 16.7 Å². The monoisotopic (exact) mass is 625 g/mol. The van der Waals surface area contributed by atoms with Crippen LogP contribution >= 0.6 is 0 Å². The van der Waals surface area contributed by atoms with Gasteiger partial charge in [-0.25, -0.2) is 0 Å². The molecule has 0 aromatic rings. The minimum absolute atomic E-state index is 0.0608. The highest BCUT2D eigenvalue weighted by Crippen LogP contribution is 2.19. The molecule has 0 radical (unpaired) electrons. The van der Waals surface area contributed by atoms with Gasteiger partial charge >= 0.3 is 5.97 Å². The van der Waals surface area contributed by atoms with Crippen LogP contribution in [0.3, 0.4) is 0 Å². The van der Waals surface area contributed by atoms with Gasteiger partial charge in [-0.3, -0.25) is 33.8 Å². The van der Waals surface area contributed by atoms with Crippen molar-refractivity contribution >= 4 is 47.8 Å². The maximum absolute atomic E-state index is 13.3. The van der Waals surface area contributed by atoms with Crippen molar-refractivity contribution in [2.45, 2.75) is 88.1 Å². The third kappa shape index (κ3) is 10.1. The number of nitrogens with one attached hydrogen (secondary N) is 3. The number of carboxylic acid groups (broad SMARTS) is 1. The number of aliphatic carboxylic acids is 1. The quantitative estimate of drug-likeness (QED) is 0.0348. The Morgan fingerprint density at radius 2 is 1.55 bits per heavy atom. The number of hydrogen-bond donors (Lipinski definition) is 8. The summed E-state index contributed by atoms with van der Waals surface area (Å²) < 4.78 is 0. The standard InChI is InChI=1S/C26H43N9O9/c1-14(27)24(43)35-10-4-7-19(35)23(42)32-17(11-20(38)39)21(40)33-18(13-37)22(41)31-16(6-2-8-30-26(28)29)25(44)34-9-3-5-15(34)12-36/h12,14-19,37H,2-11,13,27H2,1H3,(H,31,41)(H,32,42)(H,33,40)(H,38,39)(H4,28,29,30)/t14-,15-,16-,17-,18-,19-/m0/s1. The molecule has 0 aromatic heterocycles. The van der Waals surface area contributed by atoms with Crippen LogP contribution in [-0.2, 0) is 33.6 Å². The molecule has 2 heterocycles. The number of carbonyl (C=O) groups is 7. The molecule has 0 aromatic carbocycles. The molecule has 5 amide bonds. The molecule has 0 saturated carbocycles. The maximum atomic E-state index is 13.3. The topological polar surface area (TPSA) is 293 Å². The summed E-state index contributed by atoms with van der Waals surface area (Å²) >= 11 is 0. The van der Waals surface area contributed by atoms with Crippen LogP contribution in [0.5, 0.6) is 0 Å². The van der Waals surface area contributed by atoms with Crippen LogP contribution in [0.25, 0.3) is 0 Å². The lowest BCUT2D eigenvalue weighted by Gasteiger charge is -2.29. The molecule has 2 fully saturated rings. The van der Waals surface area contributed by atoms with Crippen molar-refractivity contribution in [1.82, 2.24) is 25.8 Å². The van der Waals surface area contributed by atoms with Crippen molar-refractivity contribution in [3.63, 3.8) is 0 Å². The van der Waals surface area contributed by atoms with Gasteiger partial charge in [0.1, 0.15) is 30.5 Å². The zero-order valence-corrected chi connectivity index (χ0v) is 24.6. The molecule has 0 unspecified atom stereocenters. The Morgan fingerprint density at radius 1 is 0.932 bits per heavy atom. The number of aliphatic imine (C=N–C) groups is 1. The lowest BCUT2D eigenvalue weighted by atomic mass is 10.1. The number of amides is 5. The van der Waals surface area contributed by atoms with Gasteiger partial charge in [0.15, 0.2) is 5.96 Å². The first kappa shape index (κ1) is 35.9. The number of hydrogen-bond acceptors (Lipinski definition) is 10. The number of rotatable bonds is 16. The molecule has 0 aliphatic carbocycles. The van der Waals surface area contributed by atoms with Crippen molar-refractivity contribution in [3.05, 3.63) is 0 Å². The highest BCUT2D eigenvalue weighted by atomic mass is 16.4. The lowest BCUT2D eigenvalue weighted by Crippen LogP contribution is -2.60. The molecule has 6 atom stereocenters. The van der Waals surface area contributed by atoms with Crippen LogP contribution < -0.4 is 33.2 Å². The summed E-state index contributed by atoms with van der Waals surface area (Å²) in [5, 5.41) is 26.3. The van der Waals surface area contributed by atoms with E-state index in [1.807, 2.05) is 0 Å². The highest BCUT2D eigenvalue weighted by Gasteiger charge is 2.38. The SMILES string of the molecule is C[C@H](N)C(=O)N1CCC[C@H]1C(=O)N[C@@H](CC(=O)O)C(=O)N[C@@H](CO)C(=O)N[C@@H](CCCN=C(N)N)C(=O)N1CCC[C@H]1C=O. The molecule has 0 bridgehead atoms. The van der Waals surface area contributed by atoms with E-state index in [0.717, 1.165) is 0 Å². The van der Waals surface area contributed by atoms with E-state index in [-0.39, 0.29) is 38.3 Å². The number of aldehydes is 1. The molecule has 246 valence electrons. The third-order valence-corrected chi connectivity index (χ3v) is 7.35. The fourth-order valence-corrected chi connectivity index (χ4v) is 5.12. The Labute approximate surface area is 254 Å². The molecule has 2 saturated heterocycles. The van der Waals surface area contributed by atoms with Gasteiger partial charge in [0.25, 0.3) is 0 Å². The van der Waals surface area contributed by atoms with E-state index >= 15 is 0 Å². The Morgan fingerprint density at radius 3 is 2.14 bits per heavy atom. The summed E-state index contributed by atoms with van der Waals surface area (Å²) in [5.74, 6) is -5.45. The van der Waals surface area contributed by atoms with Crippen LogP contribution in [0.4, 0.5) is 0 Å². The number of nitrogens with zero attached hydrogens (tertiary/aromatic N) is 3. The van der Waals surface area contributed by atoms with Gasteiger partial charge in [0.2, 0.25) is 29.5 Å². The van der Waals surface area contributed by atoms with Gasteiger partial charge in [0.05, 0.1) is 25.1 Å². The van der Waals surface area contributed by atoms with Crippen LogP contribution in [0.15, 0.2) is 4.99 Å².